The maximum absolute atomic E-state index is 5.25. The van der Waals surface area contributed by atoms with Gasteiger partial charge in [-0.3, -0.25) is 4.90 Å². The standard InChI is InChI=1S/C15H27N3OS/c1-3-6-16-9-15-17-14(12-20-15)10-18-7-4-13(5-8-18)11-19-2/h12-13,16H,3-11H2,1-2H3. The molecule has 5 heteroatoms. The first-order valence-corrected chi connectivity index (χ1v) is 8.55. The Labute approximate surface area is 126 Å². The zero-order valence-electron chi connectivity index (χ0n) is 12.7. The summed E-state index contributed by atoms with van der Waals surface area (Å²) in [6.07, 6.45) is 3.68. The molecule has 1 aromatic heterocycles. The third kappa shape index (κ3) is 5.13. The van der Waals surface area contributed by atoms with Crippen molar-refractivity contribution in [2.24, 2.45) is 5.92 Å². The number of hydrogen-bond donors (Lipinski definition) is 1. The molecule has 1 fully saturated rings. The van der Waals surface area contributed by atoms with Gasteiger partial charge in [-0.1, -0.05) is 6.92 Å². The lowest BCUT2D eigenvalue weighted by atomic mass is 9.98. The molecule has 2 heterocycles. The summed E-state index contributed by atoms with van der Waals surface area (Å²) in [4.78, 5) is 7.24. The molecule has 0 atom stereocenters. The van der Waals surface area contributed by atoms with Gasteiger partial charge in [-0.15, -0.1) is 11.3 Å². The fourth-order valence-corrected chi connectivity index (χ4v) is 3.41. The van der Waals surface area contributed by atoms with Gasteiger partial charge in [0.25, 0.3) is 0 Å². The highest BCUT2D eigenvalue weighted by molar-refractivity contribution is 7.09. The highest BCUT2D eigenvalue weighted by Crippen LogP contribution is 2.20. The van der Waals surface area contributed by atoms with Gasteiger partial charge >= 0.3 is 0 Å². The number of methoxy groups -OCH3 is 1. The van der Waals surface area contributed by atoms with Crippen LogP contribution in [0, 0.1) is 5.92 Å². The van der Waals surface area contributed by atoms with Crippen molar-refractivity contribution in [1.29, 1.82) is 0 Å². The maximum atomic E-state index is 5.25. The highest BCUT2D eigenvalue weighted by atomic mass is 32.1. The average Bonchev–Trinajstić information content (AvgIpc) is 2.89. The Bertz CT molecular complexity index is 375. The van der Waals surface area contributed by atoms with E-state index in [2.05, 4.69) is 22.5 Å². The molecule has 20 heavy (non-hydrogen) atoms. The summed E-state index contributed by atoms with van der Waals surface area (Å²) in [5.41, 5.74) is 1.23. The molecule has 0 saturated carbocycles. The van der Waals surface area contributed by atoms with E-state index in [-0.39, 0.29) is 0 Å². The van der Waals surface area contributed by atoms with Gasteiger partial charge in [0.05, 0.1) is 5.69 Å². The number of piperidine rings is 1. The van der Waals surface area contributed by atoms with Crippen molar-refractivity contribution in [3.8, 4) is 0 Å². The van der Waals surface area contributed by atoms with E-state index in [1.54, 1.807) is 18.4 Å². The molecule has 1 saturated heterocycles. The number of nitrogens with zero attached hydrogens (tertiary/aromatic N) is 2. The van der Waals surface area contributed by atoms with Crippen LogP contribution in [-0.4, -0.2) is 43.2 Å². The van der Waals surface area contributed by atoms with Crippen molar-refractivity contribution in [2.45, 2.75) is 39.3 Å². The molecule has 1 aliphatic heterocycles. The van der Waals surface area contributed by atoms with E-state index >= 15 is 0 Å². The van der Waals surface area contributed by atoms with Gasteiger partial charge in [0.1, 0.15) is 5.01 Å². The minimum Gasteiger partial charge on any atom is -0.384 e. The number of hydrogen-bond acceptors (Lipinski definition) is 5. The number of likely N-dealkylation sites (tertiary alicyclic amines) is 1. The predicted octanol–water partition coefficient (Wildman–Crippen LogP) is 2.50. The summed E-state index contributed by atoms with van der Waals surface area (Å²) in [7, 11) is 1.80. The summed E-state index contributed by atoms with van der Waals surface area (Å²) >= 11 is 1.78. The van der Waals surface area contributed by atoms with Crippen LogP contribution < -0.4 is 5.32 Å². The second-order valence-corrected chi connectivity index (χ2v) is 6.53. The van der Waals surface area contributed by atoms with Crippen LogP contribution in [0.2, 0.25) is 0 Å². The fraction of sp³-hybridized carbons (Fsp3) is 0.800. The second-order valence-electron chi connectivity index (χ2n) is 5.58. The van der Waals surface area contributed by atoms with E-state index in [0.29, 0.717) is 0 Å². The van der Waals surface area contributed by atoms with Gasteiger partial charge in [-0.2, -0.15) is 0 Å². The first-order valence-electron chi connectivity index (χ1n) is 7.67. The number of rotatable bonds is 8. The summed E-state index contributed by atoms with van der Waals surface area (Å²) < 4.78 is 5.25. The lowest BCUT2D eigenvalue weighted by Gasteiger charge is -2.31. The van der Waals surface area contributed by atoms with E-state index in [0.717, 1.165) is 32.2 Å². The molecule has 0 aromatic carbocycles. The third-order valence-electron chi connectivity index (χ3n) is 3.80. The molecular weight excluding hydrogens is 270 g/mol. The second kappa shape index (κ2) is 8.72. The molecule has 1 aromatic rings. The van der Waals surface area contributed by atoms with E-state index in [1.165, 1.54) is 43.1 Å². The summed E-state index contributed by atoms with van der Waals surface area (Å²) in [5, 5.41) is 6.83. The van der Waals surface area contributed by atoms with Gasteiger partial charge in [0.15, 0.2) is 0 Å². The monoisotopic (exact) mass is 297 g/mol. The lowest BCUT2D eigenvalue weighted by Crippen LogP contribution is -2.34. The molecule has 0 bridgehead atoms. The molecule has 2 rings (SSSR count). The van der Waals surface area contributed by atoms with Gasteiger partial charge in [-0.25, -0.2) is 4.98 Å². The molecule has 4 nitrogen and oxygen atoms in total. The number of thiazole rings is 1. The molecule has 0 aliphatic carbocycles. The minimum absolute atomic E-state index is 0.750. The minimum atomic E-state index is 0.750. The highest BCUT2D eigenvalue weighted by Gasteiger charge is 2.19. The first-order chi connectivity index (χ1) is 9.81. The van der Waals surface area contributed by atoms with Crippen LogP contribution in [-0.2, 0) is 17.8 Å². The maximum Gasteiger partial charge on any atom is 0.107 e. The average molecular weight is 297 g/mol. The largest absolute Gasteiger partial charge is 0.384 e. The van der Waals surface area contributed by atoms with E-state index in [1.807, 2.05) is 0 Å². The Balaban J connectivity index is 1.71. The molecule has 114 valence electrons. The first kappa shape index (κ1) is 15.9. The van der Waals surface area contributed by atoms with E-state index < -0.39 is 0 Å². The van der Waals surface area contributed by atoms with Gasteiger partial charge < -0.3 is 10.1 Å². The topological polar surface area (TPSA) is 37.4 Å². The van der Waals surface area contributed by atoms with Gasteiger partial charge in [-0.05, 0) is 44.8 Å². The normalized spacial score (nSPS) is 17.7. The Morgan fingerprint density at radius 1 is 1.45 bits per heavy atom. The van der Waals surface area contributed by atoms with Crippen molar-refractivity contribution < 1.29 is 4.74 Å². The van der Waals surface area contributed by atoms with Crippen LogP contribution in [0.15, 0.2) is 5.38 Å². The van der Waals surface area contributed by atoms with Crippen molar-refractivity contribution in [3.63, 3.8) is 0 Å². The Hall–Kier alpha value is -0.490. The zero-order valence-corrected chi connectivity index (χ0v) is 13.5. The van der Waals surface area contributed by atoms with Crippen LogP contribution in [0.1, 0.15) is 36.9 Å². The summed E-state index contributed by atoms with van der Waals surface area (Å²) in [6, 6.07) is 0. The van der Waals surface area contributed by atoms with Crippen molar-refractivity contribution >= 4 is 11.3 Å². The van der Waals surface area contributed by atoms with Crippen LogP contribution in [0.3, 0.4) is 0 Å². The van der Waals surface area contributed by atoms with Crippen LogP contribution in [0.5, 0.6) is 0 Å². The van der Waals surface area contributed by atoms with Crippen LogP contribution in [0.25, 0.3) is 0 Å². The zero-order chi connectivity index (χ0) is 14.2. The molecule has 0 unspecified atom stereocenters. The number of nitrogens with one attached hydrogen (secondary N) is 1. The predicted molar refractivity (Wildman–Crippen MR) is 84.0 cm³/mol. The Morgan fingerprint density at radius 3 is 2.95 bits per heavy atom. The Morgan fingerprint density at radius 2 is 2.25 bits per heavy atom. The van der Waals surface area contributed by atoms with E-state index in [4.69, 9.17) is 9.72 Å². The lowest BCUT2D eigenvalue weighted by molar-refractivity contribution is 0.0964. The number of aromatic nitrogens is 1. The molecular formula is C15H27N3OS. The number of ether oxygens (including phenoxy) is 1. The summed E-state index contributed by atoms with van der Waals surface area (Å²) in [5.74, 6) is 0.750. The van der Waals surface area contributed by atoms with Gasteiger partial charge in [0, 0.05) is 32.2 Å². The molecule has 1 aliphatic rings. The smallest absolute Gasteiger partial charge is 0.107 e. The van der Waals surface area contributed by atoms with E-state index in [9.17, 15) is 0 Å². The van der Waals surface area contributed by atoms with Crippen LogP contribution in [0.4, 0.5) is 0 Å². The SMILES string of the molecule is CCCNCc1nc(CN2CCC(COC)CC2)cs1. The van der Waals surface area contributed by atoms with Crippen molar-refractivity contribution in [3.05, 3.63) is 16.1 Å². The summed E-state index contributed by atoms with van der Waals surface area (Å²) in [6.45, 7) is 8.44. The van der Waals surface area contributed by atoms with Crippen molar-refractivity contribution in [2.75, 3.05) is 33.4 Å². The molecule has 0 amide bonds. The van der Waals surface area contributed by atoms with Gasteiger partial charge in [0.2, 0.25) is 0 Å². The van der Waals surface area contributed by atoms with Crippen molar-refractivity contribution in [1.82, 2.24) is 15.2 Å². The Kier molecular flexibility index (Phi) is 6.93. The fourth-order valence-electron chi connectivity index (χ4n) is 2.65. The molecule has 0 spiro atoms. The third-order valence-corrected chi connectivity index (χ3v) is 4.70. The molecule has 0 radical (unpaired) electrons. The quantitative estimate of drug-likeness (QED) is 0.748. The molecule has 1 N–H and O–H groups in total. The van der Waals surface area contributed by atoms with Crippen LogP contribution >= 0.6 is 11.3 Å².